The molecule has 24 heavy (non-hydrogen) atoms. The van der Waals surface area contributed by atoms with Gasteiger partial charge in [0.15, 0.2) is 0 Å². The molecule has 4 aliphatic carbocycles. The van der Waals surface area contributed by atoms with Gasteiger partial charge >= 0.3 is 0 Å². The molecule has 4 rings (SSSR count). The van der Waals surface area contributed by atoms with E-state index in [1.807, 2.05) is 0 Å². The normalized spacial score (nSPS) is 47.5. The average molecular weight is 333 g/mol. The molecular formula is C22H36O2. The van der Waals surface area contributed by atoms with Crippen LogP contribution in [0.2, 0.25) is 0 Å². The van der Waals surface area contributed by atoms with Crippen molar-refractivity contribution >= 4 is 0 Å². The van der Waals surface area contributed by atoms with E-state index in [0.29, 0.717) is 12.0 Å². The maximum absolute atomic E-state index is 10.0. The van der Waals surface area contributed by atoms with Crippen molar-refractivity contribution in [2.24, 2.45) is 35.0 Å². The number of unbranched alkanes of at least 4 members (excludes halogenated alkanes) is 1. The number of aliphatic hydroxyl groups is 2. The molecule has 136 valence electrons. The highest BCUT2D eigenvalue weighted by Crippen LogP contribution is 2.63. The van der Waals surface area contributed by atoms with Crippen LogP contribution in [-0.2, 0) is 0 Å². The summed E-state index contributed by atoms with van der Waals surface area (Å²) in [7, 11) is 0. The van der Waals surface area contributed by atoms with Gasteiger partial charge in [0.25, 0.3) is 0 Å². The molecule has 3 saturated carbocycles. The molecule has 0 amide bonds. The predicted octanol–water partition coefficient (Wildman–Crippen LogP) is 4.70. The van der Waals surface area contributed by atoms with Crippen LogP contribution < -0.4 is 0 Å². The van der Waals surface area contributed by atoms with Gasteiger partial charge in [-0.2, -0.15) is 0 Å². The number of hydrogen-bond acceptors (Lipinski definition) is 2. The zero-order valence-electron chi connectivity index (χ0n) is 15.4. The summed E-state index contributed by atoms with van der Waals surface area (Å²) in [5.41, 5.74) is 2.17. The third-order valence-electron chi connectivity index (χ3n) is 8.58. The summed E-state index contributed by atoms with van der Waals surface area (Å²) in [6.07, 6.45) is 16.2. The Labute approximate surface area is 147 Å². The molecular weight excluding hydrogens is 296 g/mol. The first-order valence-corrected chi connectivity index (χ1v) is 10.6. The van der Waals surface area contributed by atoms with Gasteiger partial charge in [-0.3, -0.25) is 0 Å². The van der Waals surface area contributed by atoms with Crippen LogP contribution in [0.25, 0.3) is 0 Å². The van der Waals surface area contributed by atoms with Crippen molar-refractivity contribution in [2.45, 2.75) is 83.7 Å². The predicted molar refractivity (Wildman–Crippen MR) is 97.5 cm³/mol. The highest BCUT2D eigenvalue weighted by Gasteiger charge is 2.55. The molecule has 2 heteroatoms. The lowest BCUT2D eigenvalue weighted by atomic mass is 9.51. The van der Waals surface area contributed by atoms with Gasteiger partial charge in [0.2, 0.25) is 0 Å². The number of allylic oxidation sites excluding steroid dienone is 1. The van der Waals surface area contributed by atoms with Gasteiger partial charge in [-0.25, -0.2) is 0 Å². The summed E-state index contributed by atoms with van der Waals surface area (Å²) < 4.78 is 0. The van der Waals surface area contributed by atoms with Crippen molar-refractivity contribution in [1.82, 2.24) is 0 Å². The Morgan fingerprint density at radius 1 is 1.08 bits per heavy atom. The van der Waals surface area contributed by atoms with Gasteiger partial charge in [0.1, 0.15) is 0 Å². The molecule has 0 aromatic carbocycles. The lowest BCUT2D eigenvalue weighted by Gasteiger charge is -2.54. The van der Waals surface area contributed by atoms with Gasteiger partial charge in [0, 0.05) is 6.61 Å². The number of rotatable bonds is 4. The van der Waals surface area contributed by atoms with Crippen molar-refractivity contribution in [3.05, 3.63) is 11.6 Å². The van der Waals surface area contributed by atoms with E-state index in [9.17, 15) is 5.11 Å². The van der Waals surface area contributed by atoms with E-state index in [4.69, 9.17) is 5.11 Å². The summed E-state index contributed by atoms with van der Waals surface area (Å²) in [5, 5.41) is 19.1. The van der Waals surface area contributed by atoms with E-state index in [2.05, 4.69) is 13.0 Å². The van der Waals surface area contributed by atoms with Crippen LogP contribution in [-0.4, -0.2) is 22.9 Å². The molecule has 2 nitrogen and oxygen atoms in total. The summed E-state index contributed by atoms with van der Waals surface area (Å²) in [5.74, 6) is 4.45. The Morgan fingerprint density at radius 3 is 2.79 bits per heavy atom. The molecule has 0 spiro atoms. The fraction of sp³-hybridized carbons (Fsp3) is 0.909. The zero-order chi connectivity index (χ0) is 16.7. The monoisotopic (exact) mass is 332 g/mol. The summed E-state index contributed by atoms with van der Waals surface area (Å²) in [6, 6.07) is 0. The number of aliphatic hydroxyl groups excluding tert-OH is 2. The first-order valence-electron chi connectivity index (χ1n) is 10.6. The van der Waals surface area contributed by atoms with Crippen molar-refractivity contribution in [2.75, 3.05) is 6.61 Å². The van der Waals surface area contributed by atoms with Gasteiger partial charge in [0.05, 0.1) is 6.10 Å². The molecule has 2 N–H and O–H groups in total. The molecule has 0 saturated heterocycles. The quantitative estimate of drug-likeness (QED) is 0.579. The Hall–Kier alpha value is -0.340. The fourth-order valence-corrected chi connectivity index (χ4v) is 7.34. The lowest BCUT2D eigenvalue weighted by Crippen LogP contribution is -2.46. The standard InChI is InChI=1S/C22H36O2/c1-22-12-11-19-18-9-7-17(24)14-15(18)5-8-20(19)21(22)10-6-16(22)4-2-3-13-23/h5,16-21,23-24H,2-4,6-14H2,1H3. The minimum atomic E-state index is -0.0692. The smallest absolute Gasteiger partial charge is 0.0577 e. The second kappa shape index (κ2) is 6.76. The molecule has 0 radical (unpaired) electrons. The number of fused-ring (bicyclic) bond motifs is 5. The topological polar surface area (TPSA) is 40.5 Å². The second-order valence-electron chi connectivity index (χ2n) is 9.53. The largest absolute Gasteiger partial charge is 0.396 e. The van der Waals surface area contributed by atoms with Crippen LogP contribution >= 0.6 is 0 Å². The Kier molecular flexibility index (Phi) is 4.81. The van der Waals surface area contributed by atoms with Gasteiger partial charge in [-0.15, -0.1) is 0 Å². The lowest BCUT2D eigenvalue weighted by molar-refractivity contribution is -0.0201. The molecule has 3 fully saturated rings. The highest BCUT2D eigenvalue weighted by molar-refractivity contribution is 5.20. The molecule has 4 aliphatic rings. The van der Waals surface area contributed by atoms with Gasteiger partial charge in [-0.1, -0.05) is 25.0 Å². The Morgan fingerprint density at radius 2 is 1.96 bits per heavy atom. The van der Waals surface area contributed by atoms with Crippen LogP contribution in [0.15, 0.2) is 11.6 Å². The van der Waals surface area contributed by atoms with Crippen LogP contribution in [0.3, 0.4) is 0 Å². The van der Waals surface area contributed by atoms with Gasteiger partial charge in [-0.05, 0) is 99.2 Å². The maximum atomic E-state index is 10.0. The minimum Gasteiger partial charge on any atom is -0.396 e. The maximum Gasteiger partial charge on any atom is 0.0577 e. The molecule has 0 aromatic rings. The molecule has 7 atom stereocenters. The average Bonchev–Trinajstić information content (AvgIpc) is 2.91. The summed E-state index contributed by atoms with van der Waals surface area (Å²) >= 11 is 0. The highest BCUT2D eigenvalue weighted by atomic mass is 16.3. The molecule has 0 heterocycles. The van der Waals surface area contributed by atoms with Crippen LogP contribution in [0.1, 0.15) is 77.6 Å². The zero-order valence-corrected chi connectivity index (χ0v) is 15.4. The van der Waals surface area contributed by atoms with Crippen LogP contribution in [0.5, 0.6) is 0 Å². The third kappa shape index (κ3) is 2.78. The van der Waals surface area contributed by atoms with Crippen molar-refractivity contribution in [1.29, 1.82) is 0 Å². The summed E-state index contributed by atoms with van der Waals surface area (Å²) in [6.45, 7) is 2.97. The van der Waals surface area contributed by atoms with Crippen LogP contribution in [0.4, 0.5) is 0 Å². The second-order valence-corrected chi connectivity index (χ2v) is 9.53. The van der Waals surface area contributed by atoms with E-state index < -0.39 is 0 Å². The van der Waals surface area contributed by atoms with E-state index in [1.54, 1.807) is 5.57 Å². The molecule has 0 aromatic heterocycles. The molecule has 0 bridgehead atoms. The SMILES string of the molecule is CC12CCC3C4CCC(O)CC4=CCC3C1CCC2CCCCO. The number of hydrogen-bond donors (Lipinski definition) is 2. The Balaban J connectivity index is 1.49. The molecule has 0 aliphatic heterocycles. The fourth-order valence-electron chi connectivity index (χ4n) is 7.34. The van der Waals surface area contributed by atoms with E-state index >= 15 is 0 Å². The first kappa shape index (κ1) is 17.1. The van der Waals surface area contributed by atoms with Crippen molar-refractivity contribution in [3.8, 4) is 0 Å². The van der Waals surface area contributed by atoms with Crippen molar-refractivity contribution < 1.29 is 10.2 Å². The van der Waals surface area contributed by atoms with Crippen LogP contribution in [0, 0.1) is 35.0 Å². The third-order valence-corrected chi connectivity index (χ3v) is 8.58. The molecule has 7 unspecified atom stereocenters. The van der Waals surface area contributed by atoms with E-state index in [-0.39, 0.29) is 6.10 Å². The van der Waals surface area contributed by atoms with Gasteiger partial charge < -0.3 is 10.2 Å². The minimum absolute atomic E-state index is 0.0692. The van der Waals surface area contributed by atoms with Crippen molar-refractivity contribution in [3.63, 3.8) is 0 Å². The van der Waals surface area contributed by atoms with E-state index in [1.165, 1.54) is 51.4 Å². The summed E-state index contributed by atoms with van der Waals surface area (Å²) in [4.78, 5) is 0. The Bertz CT molecular complexity index is 484. The van der Waals surface area contributed by atoms with E-state index in [0.717, 1.165) is 48.9 Å². The first-order chi connectivity index (χ1) is 11.6.